The van der Waals surface area contributed by atoms with E-state index in [4.69, 9.17) is 0 Å². The fourth-order valence-corrected chi connectivity index (χ4v) is 7.11. The van der Waals surface area contributed by atoms with Crippen molar-refractivity contribution in [3.05, 3.63) is 77.9 Å². The molecule has 3 heteroatoms. The van der Waals surface area contributed by atoms with Crippen LogP contribution in [0.2, 0.25) is 0 Å². The second-order valence-corrected chi connectivity index (χ2v) is 12.4. The van der Waals surface area contributed by atoms with E-state index in [1.54, 1.807) is 14.9 Å². The van der Waals surface area contributed by atoms with Crippen molar-refractivity contribution in [2.75, 3.05) is 0 Å². The van der Waals surface area contributed by atoms with Gasteiger partial charge in [-0.3, -0.25) is 6.08 Å². The van der Waals surface area contributed by atoms with Crippen LogP contribution < -0.4 is 24.8 Å². The van der Waals surface area contributed by atoms with Gasteiger partial charge in [-0.2, -0.15) is 6.08 Å². The van der Waals surface area contributed by atoms with E-state index in [-0.39, 0.29) is 24.8 Å². The first-order chi connectivity index (χ1) is 17.8. The van der Waals surface area contributed by atoms with E-state index >= 15 is 0 Å². The van der Waals surface area contributed by atoms with Gasteiger partial charge in [0.25, 0.3) is 0 Å². The van der Waals surface area contributed by atoms with Gasteiger partial charge in [0.1, 0.15) is 0 Å². The Kier molecular flexibility index (Phi) is 13.5. The van der Waals surface area contributed by atoms with Crippen molar-refractivity contribution in [1.82, 2.24) is 0 Å². The third-order valence-corrected chi connectivity index (χ3v) is 9.48. The zero-order chi connectivity index (χ0) is 24.6. The molecule has 0 unspecified atom stereocenters. The maximum atomic E-state index is 2.99. The predicted molar refractivity (Wildman–Crippen MR) is 154 cm³/mol. The largest absolute Gasteiger partial charge is 0.126 e. The summed E-state index contributed by atoms with van der Waals surface area (Å²) < 4.78 is 1.70. The van der Waals surface area contributed by atoms with E-state index in [1.807, 2.05) is 12.2 Å². The van der Waals surface area contributed by atoms with E-state index in [2.05, 4.69) is 74.6 Å². The fourth-order valence-electron chi connectivity index (χ4n) is 6.56. The Morgan fingerprint density at radius 1 is 0.658 bits per heavy atom. The molecule has 0 bridgehead atoms. The Morgan fingerprint density at radius 3 is 1.50 bits per heavy atom. The number of hydrogen-bond donors (Lipinski definition) is 0. The Hall–Kier alpha value is -1.05. The van der Waals surface area contributed by atoms with Gasteiger partial charge in [0.15, 0.2) is 0 Å². The Bertz CT molecular complexity index is 1120. The topological polar surface area (TPSA) is 0 Å². The maximum absolute atomic E-state index is 2.99. The Morgan fingerprint density at radius 2 is 1.16 bits per heavy atom. The van der Waals surface area contributed by atoms with Crippen molar-refractivity contribution >= 4 is 25.4 Å². The summed E-state index contributed by atoms with van der Waals surface area (Å²) in [6.07, 6.45) is 29.8. The van der Waals surface area contributed by atoms with Crippen LogP contribution in [0.1, 0.15) is 119 Å². The summed E-state index contributed by atoms with van der Waals surface area (Å²) in [5.74, 6) is 1.59. The number of hydrogen-bond acceptors (Lipinski definition) is 0. The van der Waals surface area contributed by atoms with Crippen molar-refractivity contribution in [3.8, 4) is 0 Å². The van der Waals surface area contributed by atoms with Gasteiger partial charge in [-0.15, -0.1) is 46.2 Å². The van der Waals surface area contributed by atoms with Gasteiger partial charge in [-0.25, -0.2) is 12.2 Å². The summed E-state index contributed by atoms with van der Waals surface area (Å²) in [6.45, 7) is 0. The normalized spacial score (nSPS) is 19.4. The smallest absolute Gasteiger partial charge is 0.0175 e. The van der Waals surface area contributed by atoms with Crippen molar-refractivity contribution in [2.24, 2.45) is 0 Å². The molecule has 4 aliphatic rings. The summed E-state index contributed by atoms with van der Waals surface area (Å²) in [4.78, 5) is 0. The van der Waals surface area contributed by atoms with Crippen LogP contribution in [0, 0.1) is 6.08 Å². The maximum Gasteiger partial charge on any atom is -0.0175 e. The molecule has 0 amide bonds. The number of allylic oxidation sites excluding steroid dienone is 4. The summed E-state index contributed by atoms with van der Waals surface area (Å²) >= 11 is 2.26. The first-order valence-electron chi connectivity index (χ1n) is 14.7. The number of fused-ring (bicyclic) bond motifs is 3. The zero-order valence-corrected chi connectivity index (χ0v) is 25.9. The zero-order valence-electron chi connectivity index (χ0n) is 22.8. The minimum Gasteiger partial charge on any atom is -0.126 e. The molecule has 0 spiro atoms. The molecular weight excluding hydrogens is 539 g/mol. The average Bonchev–Trinajstić information content (AvgIpc) is 3.73. The molecule has 0 saturated heterocycles. The van der Waals surface area contributed by atoms with Crippen LogP contribution in [0.4, 0.5) is 0 Å². The quantitative estimate of drug-likeness (QED) is 0.311. The second-order valence-electron chi connectivity index (χ2n) is 11.3. The van der Waals surface area contributed by atoms with Crippen LogP contribution in [0.3, 0.4) is 0 Å². The molecule has 0 heterocycles. The number of rotatable bonds is 2. The standard InChI is InChI=1S/C25H29.C5H8.C5H5.2ClH.Ti/c1-3-7-18(8-4-1)20-11-13-22-15-23-14-12-21(17-25(23)24(22)16-20)19-9-5-2-6-10-19;2*1-2-4-5-3-1;;;/h11-19H,1-10H2;1-4H2;1-3H,4H2;2*1H;/q-1;;-1;;;+2/p-2. The van der Waals surface area contributed by atoms with Crippen molar-refractivity contribution in [3.63, 3.8) is 0 Å². The third kappa shape index (κ3) is 8.48. The molecule has 4 aliphatic carbocycles. The van der Waals surface area contributed by atoms with E-state index in [9.17, 15) is 0 Å². The summed E-state index contributed by atoms with van der Waals surface area (Å²) in [6, 6.07) is 17.0. The van der Waals surface area contributed by atoms with Gasteiger partial charge < -0.3 is 24.8 Å². The number of benzene rings is 2. The molecular formula is C35H42Cl2Ti-2. The van der Waals surface area contributed by atoms with Crippen LogP contribution in [-0.4, -0.2) is 3.81 Å². The molecule has 3 fully saturated rings. The molecule has 7 rings (SSSR count). The molecule has 3 aromatic rings. The molecule has 3 aromatic carbocycles. The van der Waals surface area contributed by atoms with Crippen molar-refractivity contribution in [2.45, 2.75) is 108 Å². The van der Waals surface area contributed by atoms with Crippen LogP contribution in [0.5, 0.6) is 0 Å². The van der Waals surface area contributed by atoms with Gasteiger partial charge in [0.05, 0.1) is 0 Å². The molecule has 202 valence electrons. The summed E-state index contributed by atoms with van der Waals surface area (Å²) in [5.41, 5.74) is 3.17. The molecule has 0 atom stereocenters. The summed E-state index contributed by atoms with van der Waals surface area (Å²) in [7, 11) is 0. The van der Waals surface area contributed by atoms with Gasteiger partial charge in [0, 0.05) is 0 Å². The molecule has 38 heavy (non-hydrogen) atoms. The SMILES string of the molecule is [C-]1=CC=CC1.[Cl-].[Cl-].[Ti+2]=[C]1CCCC1.c1cc2[cH-]c3ccc(C4CCCCC4)cc3c2cc1C1CCCCC1. The molecule has 0 radical (unpaired) electrons. The van der Waals surface area contributed by atoms with E-state index in [0.717, 1.165) is 18.3 Å². The first-order valence-corrected chi connectivity index (χ1v) is 15.5. The fraction of sp³-hybridized carbons (Fsp3) is 0.486. The van der Waals surface area contributed by atoms with Gasteiger partial charge >= 0.3 is 49.5 Å². The molecule has 0 aliphatic heterocycles. The van der Waals surface area contributed by atoms with Crippen LogP contribution in [0.15, 0.2) is 60.7 Å². The number of halogens is 2. The molecule has 0 N–H and O–H groups in total. The van der Waals surface area contributed by atoms with Crippen LogP contribution >= 0.6 is 0 Å². The Balaban J connectivity index is 0.000000257. The van der Waals surface area contributed by atoms with Crippen molar-refractivity contribution < 1.29 is 44.8 Å². The molecule has 3 saturated carbocycles. The van der Waals surface area contributed by atoms with Gasteiger partial charge in [-0.1, -0.05) is 73.9 Å². The monoisotopic (exact) mass is 580 g/mol. The van der Waals surface area contributed by atoms with Crippen molar-refractivity contribution in [1.29, 1.82) is 0 Å². The first kappa shape index (κ1) is 31.5. The van der Waals surface area contributed by atoms with Crippen LogP contribution in [-0.2, 0) is 20.0 Å². The van der Waals surface area contributed by atoms with E-state index < -0.39 is 0 Å². The minimum absolute atomic E-state index is 0. The Labute approximate surface area is 254 Å². The molecule has 0 aromatic heterocycles. The summed E-state index contributed by atoms with van der Waals surface area (Å²) in [5, 5.41) is 5.84. The average molecular weight is 581 g/mol. The molecule has 0 nitrogen and oxygen atoms in total. The second kappa shape index (κ2) is 16.3. The van der Waals surface area contributed by atoms with Gasteiger partial charge in [0.2, 0.25) is 0 Å². The minimum atomic E-state index is 0. The predicted octanol–water partition coefficient (Wildman–Crippen LogP) is 4.40. The van der Waals surface area contributed by atoms with Crippen LogP contribution in [0.25, 0.3) is 21.5 Å². The van der Waals surface area contributed by atoms with E-state index in [1.165, 1.54) is 111 Å². The third-order valence-electron chi connectivity index (χ3n) is 8.70. The van der Waals surface area contributed by atoms with Gasteiger partial charge in [-0.05, 0) is 37.5 Å². The van der Waals surface area contributed by atoms with E-state index in [0.29, 0.717) is 0 Å².